The van der Waals surface area contributed by atoms with Crippen LogP contribution in [-0.2, 0) is 24.1 Å². The quantitative estimate of drug-likeness (QED) is 0.206. The number of hydrogen-bond acceptors (Lipinski definition) is 7. The standard InChI is InChI=1S/C30H24F3N3O6/c1-17-19(5-4-7-23(17)30(31,32)33)16-41-21-9-10-26-20(13-21)15-27(42-26)25(37)14-18(29(39)40)11-12-36-28(38)22-6-2-3-8-24(22)34-35-36/h2-10,13,15,18H,11-12,14,16H2,1H3,(H,39,40). The molecule has 0 fully saturated rings. The number of carbonyl (C=O) groups excluding carboxylic acids is 1. The Balaban J connectivity index is 1.26. The van der Waals surface area contributed by atoms with Gasteiger partial charge in [0.1, 0.15) is 23.5 Å². The molecule has 5 rings (SSSR count). The summed E-state index contributed by atoms with van der Waals surface area (Å²) in [5.41, 5.74) is 0.0970. The van der Waals surface area contributed by atoms with Gasteiger partial charge in [-0.05, 0) is 66.9 Å². The fraction of sp³-hybridized carbons (Fsp3) is 0.233. The van der Waals surface area contributed by atoms with E-state index in [1.165, 1.54) is 19.1 Å². The van der Waals surface area contributed by atoms with Gasteiger partial charge in [-0.15, -0.1) is 5.10 Å². The molecule has 9 nitrogen and oxygen atoms in total. The molecule has 0 aliphatic heterocycles. The zero-order valence-electron chi connectivity index (χ0n) is 22.2. The highest BCUT2D eigenvalue weighted by Crippen LogP contribution is 2.33. The highest BCUT2D eigenvalue weighted by Gasteiger charge is 2.33. The number of halogens is 3. The molecule has 0 radical (unpaired) electrons. The number of hydrogen-bond donors (Lipinski definition) is 1. The highest BCUT2D eigenvalue weighted by molar-refractivity contribution is 5.99. The zero-order valence-corrected chi connectivity index (χ0v) is 22.2. The Morgan fingerprint density at radius 3 is 2.62 bits per heavy atom. The lowest BCUT2D eigenvalue weighted by Gasteiger charge is -2.14. The van der Waals surface area contributed by atoms with E-state index in [2.05, 4.69) is 10.3 Å². The maximum Gasteiger partial charge on any atom is 0.416 e. The third-order valence-electron chi connectivity index (χ3n) is 7.01. The Bertz CT molecular complexity index is 1860. The van der Waals surface area contributed by atoms with E-state index in [4.69, 9.17) is 9.15 Å². The van der Waals surface area contributed by atoms with Gasteiger partial charge >= 0.3 is 12.1 Å². The van der Waals surface area contributed by atoms with Gasteiger partial charge in [0.25, 0.3) is 5.56 Å². The van der Waals surface area contributed by atoms with Crippen molar-refractivity contribution < 1.29 is 37.0 Å². The summed E-state index contributed by atoms with van der Waals surface area (Å²) in [6.07, 6.45) is -4.88. The average Bonchev–Trinajstić information content (AvgIpc) is 3.38. The Hall–Kier alpha value is -5.00. The highest BCUT2D eigenvalue weighted by atomic mass is 19.4. The molecular weight excluding hydrogens is 555 g/mol. The molecule has 0 aliphatic carbocycles. The van der Waals surface area contributed by atoms with Gasteiger partial charge in [0.05, 0.1) is 16.9 Å². The molecule has 0 bridgehead atoms. The molecule has 3 aromatic carbocycles. The number of aromatic nitrogens is 3. The molecule has 5 aromatic rings. The first kappa shape index (κ1) is 28.5. The number of aliphatic carboxylic acids is 1. The van der Waals surface area contributed by atoms with E-state index in [-0.39, 0.29) is 37.3 Å². The molecule has 0 aliphatic rings. The molecule has 2 aromatic heterocycles. The number of aryl methyl sites for hydroxylation is 1. The largest absolute Gasteiger partial charge is 0.489 e. The molecule has 0 saturated heterocycles. The van der Waals surface area contributed by atoms with Crippen molar-refractivity contribution >= 4 is 33.6 Å². The van der Waals surface area contributed by atoms with Crippen molar-refractivity contribution in [3.05, 3.63) is 99.5 Å². The Morgan fingerprint density at radius 2 is 1.86 bits per heavy atom. The first-order valence-electron chi connectivity index (χ1n) is 12.9. The van der Waals surface area contributed by atoms with Crippen molar-refractivity contribution in [1.82, 2.24) is 15.0 Å². The van der Waals surface area contributed by atoms with Gasteiger partial charge in [-0.25, -0.2) is 4.68 Å². The normalized spacial score (nSPS) is 12.5. The fourth-order valence-electron chi connectivity index (χ4n) is 4.64. The predicted molar refractivity (Wildman–Crippen MR) is 145 cm³/mol. The molecule has 12 heteroatoms. The average molecular weight is 580 g/mol. The Labute approximate surface area is 236 Å². The lowest BCUT2D eigenvalue weighted by Crippen LogP contribution is -2.27. The van der Waals surface area contributed by atoms with E-state index in [0.29, 0.717) is 33.2 Å². The maximum atomic E-state index is 13.2. The summed E-state index contributed by atoms with van der Waals surface area (Å²) in [5.74, 6) is -2.56. The van der Waals surface area contributed by atoms with E-state index in [1.54, 1.807) is 48.5 Å². The molecule has 1 N–H and O–H groups in total. The summed E-state index contributed by atoms with van der Waals surface area (Å²) in [7, 11) is 0. The van der Waals surface area contributed by atoms with Gasteiger partial charge in [-0.1, -0.05) is 29.5 Å². The molecular formula is C30H24F3N3O6. The van der Waals surface area contributed by atoms with Crippen LogP contribution in [0.4, 0.5) is 13.2 Å². The van der Waals surface area contributed by atoms with E-state index in [1.807, 2.05) is 0 Å². The lowest BCUT2D eigenvalue weighted by atomic mass is 9.98. The Kier molecular flexibility index (Phi) is 7.79. The van der Waals surface area contributed by atoms with Gasteiger partial charge in [0.2, 0.25) is 0 Å². The van der Waals surface area contributed by atoms with Crippen LogP contribution in [0.5, 0.6) is 5.75 Å². The van der Waals surface area contributed by atoms with E-state index < -0.39 is 35.0 Å². The number of carboxylic acids is 1. The van der Waals surface area contributed by atoms with Crippen LogP contribution in [0.25, 0.3) is 21.9 Å². The lowest BCUT2D eigenvalue weighted by molar-refractivity contribution is -0.142. The minimum absolute atomic E-state index is 0.0405. The predicted octanol–water partition coefficient (Wildman–Crippen LogP) is 5.81. The summed E-state index contributed by atoms with van der Waals surface area (Å²) < 4.78 is 52.1. The third-order valence-corrected chi connectivity index (χ3v) is 7.01. The van der Waals surface area contributed by atoms with Crippen molar-refractivity contribution in [2.24, 2.45) is 5.92 Å². The van der Waals surface area contributed by atoms with Gasteiger partial charge in [-0.3, -0.25) is 14.4 Å². The third kappa shape index (κ3) is 6.02. The molecule has 0 saturated carbocycles. The summed E-state index contributed by atoms with van der Waals surface area (Å²) in [6.45, 7) is 1.24. The summed E-state index contributed by atoms with van der Waals surface area (Å²) in [6, 6.07) is 16.7. The minimum atomic E-state index is -4.47. The summed E-state index contributed by atoms with van der Waals surface area (Å²) in [4.78, 5) is 37.5. The maximum absolute atomic E-state index is 13.2. The van der Waals surface area contributed by atoms with Gasteiger partial charge in [-0.2, -0.15) is 13.2 Å². The van der Waals surface area contributed by atoms with Crippen LogP contribution in [0.1, 0.15) is 40.1 Å². The monoisotopic (exact) mass is 579 g/mol. The second-order valence-electron chi connectivity index (χ2n) is 9.77. The summed E-state index contributed by atoms with van der Waals surface area (Å²) >= 11 is 0. The Morgan fingerprint density at radius 1 is 1.07 bits per heavy atom. The van der Waals surface area contributed by atoms with Gasteiger partial charge < -0.3 is 14.3 Å². The van der Waals surface area contributed by atoms with E-state index >= 15 is 0 Å². The second kappa shape index (κ2) is 11.5. The van der Waals surface area contributed by atoms with E-state index in [0.717, 1.165) is 10.7 Å². The van der Waals surface area contributed by atoms with Gasteiger partial charge in [0, 0.05) is 18.4 Å². The smallest absolute Gasteiger partial charge is 0.416 e. The van der Waals surface area contributed by atoms with Crippen LogP contribution in [0, 0.1) is 12.8 Å². The van der Waals surface area contributed by atoms with Crippen LogP contribution < -0.4 is 10.3 Å². The second-order valence-corrected chi connectivity index (χ2v) is 9.77. The van der Waals surface area contributed by atoms with E-state index in [9.17, 15) is 32.7 Å². The van der Waals surface area contributed by atoms with Crippen molar-refractivity contribution in [1.29, 1.82) is 0 Å². The van der Waals surface area contributed by atoms with Gasteiger partial charge in [0.15, 0.2) is 11.5 Å². The van der Waals surface area contributed by atoms with Crippen molar-refractivity contribution in [3.63, 3.8) is 0 Å². The summed E-state index contributed by atoms with van der Waals surface area (Å²) in [5, 5.41) is 18.4. The van der Waals surface area contributed by atoms with Crippen LogP contribution >= 0.6 is 0 Å². The number of nitrogens with zero attached hydrogens (tertiary/aromatic N) is 3. The number of alkyl halides is 3. The van der Waals surface area contributed by atoms with Crippen LogP contribution in [-0.4, -0.2) is 31.9 Å². The number of ketones is 1. The topological polar surface area (TPSA) is 125 Å². The number of fused-ring (bicyclic) bond motifs is 2. The number of rotatable bonds is 10. The van der Waals surface area contributed by atoms with Crippen molar-refractivity contribution in [2.75, 3.05) is 0 Å². The first-order valence-corrected chi connectivity index (χ1v) is 12.9. The number of carboxylic acid groups (broad SMARTS) is 1. The molecule has 1 atom stereocenters. The van der Waals surface area contributed by atoms with Crippen molar-refractivity contribution in [2.45, 2.75) is 39.1 Å². The number of benzene rings is 3. The fourth-order valence-corrected chi connectivity index (χ4v) is 4.64. The molecule has 0 spiro atoms. The number of furan rings is 1. The number of ether oxygens (including phenoxy) is 1. The SMILES string of the molecule is Cc1c(COc2ccc3oc(C(=O)CC(CCn4nnc5ccccc5c4=O)C(=O)O)cc3c2)cccc1C(F)(F)F. The molecule has 0 amide bonds. The van der Waals surface area contributed by atoms with Crippen molar-refractivity contribution in [3.8, 4) is 5.75 Å². The van der Waals surface area contributed by atoms with Crippen LogP contribution in [0.2, 0.25) is 0 Å². The molecule has 2 heterocycles. The number of carbonyl (C=O) groups is 2. The first-order chi connectivity index (χ1) is 20.0. The number of Topliss-reactive ketones (excluding diaryl/α,β-unsaturated/α-hetero) is 1. The molecule has 216 valence electrons. The van der Waals surface area contributed by atoms with Crippen LogP contribution in [0.15, 0.2) is 75.9 Å². The minimum Gasteiger partial charge on any atom is -0.489 e. The molecule has 1 unspecified atom stereocenters. The van der Waals surface area contributed by atoms with Crippen LogP contribution in [0.3, 0.4) is 0 Å². The molecule has 42 heavy (non-hydrogen) atoms. The zero-order chi connectivity index (χ0) is 30.0.